The first-order valence-corrected chi connectivity index (χ1v) is 9.66. The Balaban J connectivity index is 1.52. The smallest absolute Gasteiger partial charge is 0.335 e. The van der Waals surface area contributed by atoms with Gasteiger partial charge in [0, 0.05) is 24.8 Å². The second-order valence-electron chi connectivity index (χ2n) is 6.46. The van der Waals surface area contributed by atoms with Crippen molar-refractivity contribution in [2.45, 2.75) is 31.7 Å². The van der Waals surface area contributed by atoms with Crippen LogP contribution in [0.4, 0.5) is 5.69 Å². The molecule has 126 valence electrons. The van der Waals surface area contributed by atoms with Crippen molar-refractivity contribution in [1.29, 1.82) is 0 Å². The summed E-state index contributed by atoms with van der Waals surface area (Å²) in [6.07, 6.45) is 3.60. The highest BCUT2D eigenvalue weighted by Crippen LogP contribution is 2.30. The van der Waals surface area contributed by atoms with Gasteiger partial charge in [-0.1, -0.05) is 0 Å². The Kier molecular flexibility index (Phi) is 4.59. The van der Waals surface area contributed by atoms with Crippen molar-refractivity contribution in [3.05, 3.63) is 29.8 Å². The van der Waals surface area contributed by atoms with Gasteiger partial charge in [0.05, 0.1) is 11.3 Å². The molecule has 6 nitrogen and oxygen atoms in total. The number of carboxylic acids is 1. The number of aromatic carboxylic acids is 1. The molecule has 0 unspecified atom stereocenters. The molecule has 0 spiro atoms. The van der Waals surface area contributed by atoms with E-state index in [0.717, 1.165) is 44.5 Å². The Morgan fingerprint density at radius 1 is 1.13 bits per heavy atom. The number of sulfonamides is 1. The number of nitrogens with one attached hydrogen (secondary N) is 1. The third-order valence-corrected chi connectivity index (χ3v) is 6.08. The van der Waals surface area contributed by atoms with E-state index in [-0.39, 0.29) is 17.4 Å². The zero-order valence-electron chi connectivity index (χ0n) is 12.9. The fourth-order valence-corrected chi connectivity index (χ4v) is 4.76. The van der Waals surface area contributed by atoms with Gasteiger partial charge in [-0.2, -0.15) is 0 Å². The third-order valence-electron chi connectivity index (χ3n) is 4.47. The summed E-state index contributed by atoms with van der Waals surface area (Å²) >= 11 is 0. The minimum atomic E-state index is -3.15. The number of rotatable bonds is 6. The predicted molar refractivity (Wildman–Crippen MR) is 88.3 cm³/mol. The maximum atomic E-state index is 12.0. The Morgan fingerprint density at radius 3 is 2.26 bits per heavy atom. The van der Waals surface area contributed by atoms with Crippen LogP contribution in [0.25, 0.3) is 0 Å². The van der Waals surface area contributed by atoms with Gasteiger partial charge in [-0.3, -0.25) is 0 Å². The summed E-state index contributed by atoms with van der Waals surface area (Å²) in [7, 11) is -3.15. The van der Waals surface area contributed by atoms with Crippen LogP contribution >= 0.6 is 0 Å². The van der Waals surface area contributed by atoms with Crippen molar-refractivity contribution in [3.63, 3.8) is 0 Å². The largest absolute Gasteiger partial charge is 0.478 e. The molecule has 2 N–H and O–H groups in total. The van der Waals surface area contributed by atoms with Gasteiger partial charge in [0.2, 0.25) is 10.0 Å². The van der Waals surface area contributed by atoms with Crippen LogP contribution in [0.3, 0.4) is 0 Å². The van der Waals surface area contributed by atoms with E-state index in [1.54, 1.807) is 24.3 Å². The molecule has 0 amide bonds. The highest BCUT2D eigenvalue weighted by Gasteiger charge is 2.30. The number of carbonyl (C=O) groups is 1. The molecule has 7 heteroatoms. The first kappa shape index (κ1) is 16.3. The molecule has 1 aliphatic carbocycles. The van der Waals surface area contributed by atoms with Gasteiger partial charge in [0.15, 0.2) is 0 Å². The molecule has 1 aromatic carbocycles. The lowest BCUT2D eigenvalue weighted by Gasteiger charge is -2.33. The predicted octanol–water partition coefficient (Wildman–Crippen LogP) is 1.68. The zero-order valence-corrected chi connectivity index (χ0v) is 13.8. The molecule has 23 heavy (non-hydrogen) atoms. The summed E-state index contributed by atoms with van der Waals surface area (Å²) in [5.74, 6) is -0.301. The molecule has 3 rings (SSSR count). The number of carboxylic acid groups (broad SMARTS) is 1. The molecule has 1 heterocycles. The van der Waals surface area contributed by atoms with Crippen molar-refractivity contribution in [2.75, 3.05) is 23.7 Å². The number of nitrogens with zero attached hydrogens (tertiary/aromatic N) is 1. The Morgan fingerprint density at radius 2 is 1.74 bits per heavy atom. The lowest BCUT2D eigenvalue weighted by atomic mass is 10.1. The summed E-state index contributed by atoms with van der Waals surface area (Å²) in [4.78, 5) is 13.0. The van der Waals surface area contributed by atoms with Gasteiger partial charge in [-0.25, -0.2) is 17.9 Å². The monoisotopic (exact) mass is 338 g/mol. The van der Waals surface area contributed by atoms with Crippen molar-refractivity contribution < 1.29 is 18.3 Å². The normalized spacial score (nSPS) is 19.7. The summed E-state index contributed by atoms with van der Waals surface area (Å²) in [6, 6.07) is 6.82. The molecular formula is C16H22N2O4S. The molecule has 2 fully saturated rings. The van der Waals surface area contributed by atoms with E-state index < -0.39 is 16.0 Å². The van der Waals surface area contributed by atoms with Crippen molar-refractivity contribution in [2.24, 2.45) is 5.92 Å². The molecule has 0 atom stereocenters. The molecule has 1 aliphatic heterocycles. The highest BCUT2D eigenvalue weighted by atomic mass is 32.2. The maximum Gasteiger partial charge on any atom is 0.335 e. The first-order valence-electron chi connectivity index (χ1n) is 8.01. The highest BCUT2D eigenvalue weighted by molar-refractivity contribution is 7.89. The van der Waals surface area contributed by atoms with Gasteiger partial charge < -0.3 is 10.0 Å². The lowest BCUT2D eigenvalue weighted by molar-refractivity contribution is 0.0697. The van der Waals surface area contributed by atoms with E-state index in [1.807, 2.05) is 0 Å². The molecule has 1 saturated carbocycles. The van der Waals surface area contributed by atoms with Crippen molar-refractivity contribution in [3.8, 4) is 0 Å². The molecule has 0 bridgehead atoms. The minimum absolute atomic E-state index is 0.00768. The van der Waals surface area contributed by atoms with Crippen LogP contribution in [-0.2, 0) is 10.0 Å². The van der Waals surface area contributed by atoms with Gasteiger partial charge in [-0.15, -0.1) is 0 Å². The number of hydrogen-bond donors (Lipinski definition) is 2. The average Bonchev–Trinajstić information content (AvgIpc) is 3.31. The number of benzene rings is 1. The molecule has 0 radical (unpaired) electrons. The molecule has 1 aromatic rings. The van der Waals surface area contributed by atoms with Crippen LogP contribution in [0.2, 0.25) is 0 Å². The first-order chi connectivity index (χ1) is 10.9. The van der Waals surface area contributed by atoms with Crippen LogP contribution < -0.4 is 9.62 Å². The topological polar surface area (TPSA) is 86.7 Å². The quantitative estimate of drug-likeness (QED) is 0.824. The van der Waals surface area contributed by atoms with Crippen molar-refractivity contribution in [1.82, 2.24) is 4.72 Å². The van der Waals surface area contributed by atoms with E-state index in [9.17, 15) is 13.2 Å². The zero-order chi connectivity index (χ0) is 16.4. The SMILES string of the molecule is O=C(O)c1ccc(N2CCC(NS(=O)(=O)CC3CC3)CC2)cc1. The van der Waals surface area contributed by atoms with Gasteiger partial charge in [0.25, 0.3) is 0 Å². The molecular weight excluding hydrogens is 316 g/mol. The molecule has 1 saturated heterocycles. The average molecular weight is 338 g/mol. The fourth-order valence-electron chi connectivity index (χ4n) is 2.97. The standard InChI is InChI=1S/C16H22N2O4S/c19-16(20)13-3-5-15(6-4-13)18-9-7-14(8-10-18)17-23(21,22)11-12-1-2-12/h3-6,12,14,17H,1-2,7-11H2,(H,19,20). The van der Waals surface area contributed by atoms with Crippen LogP contribution in [0.15, 0.2) is 24.3 Å². The number of piperidine rings is 1. The molecule has 0 aromatic heterocycles. The van der Waals surface area contributed by atoms with Gasteiger partial charge >= 0.3 is 5.97 Å². The van der Waals surface area contributed by atoms with Crippen molar-refractivity contribution >= 4 is 21.7 Å². The third kappa shape index (κ3) is 4.45. The lowest BCUT2D eigenvalue weighted by Crippen LogP contribution is -2.45. The number of hydrogen-bond acceptors (Lipinski definition) is 4. The summed E-state index contributed by atoms with van der Waals surface area (Å²) in [5, 5.41) is 8.92. The Labute approximate surface area is 136 Å². The van der Waals surface area contributed by atoms with Crippen LogP contribution in [0.1, 0.15) is 36.0 Å². The summed E-state index contributed by atoms with van der Waals surface area (Å²) in [6.45, 7) is 1.53. The summed E-state index contributed by atoms with van der Waals surface area (Å²) in [5.41, 5.74) is 1.26. The Bertz CT molecular complexity index is 660. The van der Waals surface area contributed by atoms with Crippen LogP contribution in [-0.4, -0.2) is 44.4 Å². The van der Waals surface area contributed by atoms with E-state index in [4.69, 9.17) is 5.11 Å². The van der Waals surface area contributed by atoms with E-state index in [0.29, 0.717) is 5.92 Å². The molecule has 2 aliphatic rings. The van der Waals surface area contributed by atoms with Gasteiger partial charge in [0.1, 0.15) is 0 Å². The Hall–Kier alpha value is -1.60. The fraction of sp³-hybridized carbons (Fsp3) is 0.562. The van der Waals surface area contributed by atoms with Crippen LogP contribution in [0.5, 0.6) is 0 Å². The number of anilines is 1. The van der Waals surface area contributed by atoms with Crippen LogP contribution in [0, 0.1) is 5.92 Å². The minimum Gasteiger partial charge on any atom is -0.478 e. The van der Waals surface area contributed by atoms with E-state index in [2.05, 4.69) is 9.62 Å². The second-order valence-corrected chi connectivity index (χ2v) is 8.25. The van der Waals surface area contributed by atoms with E-state index in [1.165, 1.54) is 0 Å². The van der Waals surface area contributed by atoms with E-state index >= 15 is 0 Å². The van der Waals surface area contributed by atoms with Gasteiger partial charge in [-0.05, 0) is 55.9 Å². The summed E-state index contributed by atoms with van der Waals surface area (Å²) < 4.78 is 26.9. The second kappa shape index (κ2) is 6.49. The maximum absolute atomic E-state index is 12.0.